The zero-order valence-electron chi connectivity index (χ0n) is 33.7. The number of aliphatic imine (C=N–C) groups is 1. The SMILES string of the molecule is COc1ccc2c(c1OCCO)O[C@H]1c3c(cc4c(c3C[NH+]3C=C5N=CC=C5C3)CC[C@]3(O)[C@H](O4)O[C@H]([C@H](OC(=O)CC(=O)O)C(N)N)[C@@H](O)[C@@H]3O)O[C@@H](Cc3ccccc3)[C@@H]21. The molecule has 0 amide bonds. The molecule has 18 nitrogen and oxygen atoms in total. The number of esters is 1. The molecule has 10 atom stereocenters. The number of allylic oxidation sites excluding steroid dienone is 1. The molecule has 0 saturated carbocycles. The van der Waals surface area contributed by atoms with E-state index in [1.165, 1.54) is 7.11 Å². The molecule has 1 fully saturated rings. The number of nitrogens with zero attached hydrogens (tertiary/aromatic N) is 1. The number of rotatable bonds is 13. The highest BCUT2D eigenvalue weighted by molar-refractivity contribution is 5.90. The third kappa shape index (κ3) is 7.35. The largest absolute Gasteiger partial charge is 0.493 e. The summed E-state index contributed by atoms with van der Waals surface area (Å²) in [5, 5.41) is 54.2. The van der Waals surface area contributed by atoms with Crippen molar-refractivity contribution in [1.29, 1.82) is 0 Å². The van der Waals surface area contributed by atoms with Gasteiger partial charge in [0, 0.05) is 46.5 Å². The molecule has 0 aromatic heterocycles. The molecule has 18 heteroatoms. The number of nitrogens with one attached hydrogen (secondary N) is 1. The van der Waals surface area contributed by atoms with Gasteiger partial charge in [0.2, 0.25) is 12.0 Å². The fourth-order valence-electron chi connectivity index (χ4n) is 9.60. The minimum absolute atomic E-state index is 0.00371. The van der Waals surface area contributed by atoms with E-state index in [1.807, 2.05) is 48.5 Å². The van der Waals surface area contributed by atoms with Gasteiger partial charge in [0.1, 0.15) is 80.0 Å². The Hall–Kier alpha value is -5.57. The molecule has 0 bridgehead atoms. The molecule has 6 heterocycles. The molecule has 6 aliphatic heterocycles. The number of aliphatic hydroxyl groups excluding tert-OH is 3. The Balaban J connectivity index is 1.16. The van der Waals surface area contributed by atoms with E-state index in [9.17, 15) is 30.0 Å². The zero-order chi connectivity index (χ0) is 43.4. The molecule has 6 aliphatic rings. The Kier molecular flexibility index (Phi) is 11.2. The second kappa shape index (κ2) is 16.6. The molecule has 3 aromatic rings. The summed E-state index contributed by atoms with van der Waals surface area (Å²) < 4.78 is 43.9. The van der Waals surface area contributed by atoms with Crippen LogP contribution in [-0.2, 0) is 38.4 Å². The number of nitrogens with two attached hydrogens (primary N) is 2. The van der Waals surface area contributed by atoms with Crippen LogP contribution < -0.4 is 40.1 Å². The van der Waals surface area contributed by atoms with Crippen LogP contribution in [0.2, 0.25) is 0 Å². The molecular weight excluding hydrogens is 808 g/mol. The minimum Gasteiger partial charge on any atom is -0.493 e. The minimum atomic E-state index is -2.21. The number of aliphatic carboxylic acids is 1. The summed E-state index contributed by atoms with van der Waals surface area (Å²) in [6, 6.07) is 15.4. The summed E-state index contributed by atoms with van der Waals surface area (Å²) in [7, 11) is 1.53. The van der Waals surface area contributed by atoms with E-state index in [0.29, 0.717) is 48.1 Å². The Labute approximate surface area is 355 Å². The van der Waals surface area contributed by atoms with Gasteiger partial charge in [0.25, 0.3) is 0 Å². The number of carboxylic acids is 1. The highest BCUT2D eigenvalue weighted by atomic mass is 16.7. The normalized spacial score (nSPS) is 29.2. The van der Waals surface area contributed by atoms with E-state index in [4.69, 9.17) is 49.7 Å². The Bertz CT molecular complexity index is 2340. The lowest BCUT2D eigenvalue weighted by atomic mass is 9.78. The number of aliphatic hydroxyl groups is 4. The van der Waals surface area contributed by atoms with Crippen LogP contribution >= 0.6 is 0 Å². The number of carbonyl (C=O) groups excluding carboxylic acids is 1. The van der Waals surface area contributed by atoms with Crippen molar-refractivity contribution in [1.82, 2.24) is 0 Å². The number of benzene rings is 3. The number of fused-ring (bicyclic) bond motifs is 8. The second-order valence-corrected chi connectivity index (χ2v) is 16.3. The lowest BCUT2D eigenvalue weighted by molar-refractivity contribution is -0.851. The van der Waals surface area contributed by atoms with E-state index >= 15 is 0 Å². The highest BCUT2D eigenvalue weighted by Crippen LogP contribution is 2.60. The monoisotopic (exact) mass is 857 g/mol. The van der Waals surface area contributed by atoms with Crippen molar-refractivity contribution >= 4 is 18.2 Å². The average molecular weight is 858 g/mol. The number of carbonyl (C=O) groups is 2. The van der Waals surface area contributed by atoms with Crippen LogP contribution in [0.1, 0.15) is 52.7 Å². The summed E-state index contributed by atoms with van der Waals surface area (Å²) in [6.07, 6.45) is -6.12. The van der Waals surface area contributed by atoms with Crippen molar-refractivity contribution in [2.45, 2.75) is 92.8 Å². The van der Waals surface area contributed by atoms with Crippen LogP contribution in [0, 0.1) is 0 Å². The molecular formula is C44H49N4O14+. The van der Waals surface area contributed by atoms with Gasteiger partial charge in [0.05, 0.1) is 25.8 Å². The molecule has 1 saturated heterocycles. The molecule has 0 radical (unpaired) electrons. The summed E-state index contributed by atoms with van der Waals surface area (Å²) in [5.74, 6) is -1.05. The fourth-order valence-corrected chi connectivity index (χ4v) is 9.60. The van der Waals surface area contributed by atoms with Gasteiger partial charge >= 0.3 is 11.9 Å². The molecule has 328 valence electrons. The summed E-state index contributed by atoms with van der Waals surface area (Å²) in [4.78, 5) is 29.3. The van der Waals surface area contributed by atoms with E-state index in [-0.39, 0.29) is 37.7 Å². The van der Waals surface area contributed by atoms with Crippen LogP contribution in [0.4, 0.5) is 0 Å². The maximum Gasteiger partial charge on any atom is 0.317 e. The summed E-state index contributed by atoms with van der Waals surface area (Å²) in [6.45, 7) is 0.816. The summed E-state index contributed by atoms with van der Waals surface area (Å²) >= 11 is 0. The Morgan fingerprint density at radius 2 is 1.89 bits per heavy atom. The van der Waals surface area contributed by atoms with Gasteiger partial charge in [-0.3, -0.25) is 19.5 Å². The Morgan fingerprint density at radius 3 is 2.61 bits per heavy atom. The zero-order valence-corrected chi connectivity index (χ0v) is 33.7. The predicted molar refractivity (Wildman–Crippen MR) is 216 cm³/mol. The van der Waals surface area contributed by atoms with E-state index in [2.05, 4.69) is 11.2 Å². The van der Waals surface area contributed by atoms with Gasteiger partial charge in [0.15, 0.2) is 23.2 Å². The van der Waals surface area contributed by atoms with Crippen molar-refractivity contribution in [3.63, 3.8) is 0 Å². The van der Waals surface area contributed by atoms with E-state index < -0.39 is 73.0 Å². The maximum atomic E-state index is 12.5. The molecule has 0 spiro atoms. The van der Waals surface area contributed by atoms with E-state index in [1.54, 1.807) is 12.3 Å². The van der Waals surface area contributed by atoms with Crippen molar-refractivity contribution in [3.8, 4) is 28.7 Å². The molecule has 9 rings (SSSR count). The lowest BCUT2D eigenvalue weighted by Gasteiger charge is -2.48. The first-order valence-electron chi connectivity index (χ1n) is 20.5. The average Bonchev–Trinajstić information content (AvgIpc) is 3.94. The number of hydrogen-bond acceptors (Lipinski definition) is 16. The third-order valence-corrected chi connectivity index (χ3v) is 12.5. The maximum absolute atomic E-state index is 12.5. The molecule has 10 N–H and O–H groups in total. The van der Waals surface area contributed by atoms with Crippen LogP contribution in [0.3, 0.4) is 0 Å². The van der Waals surface area contributed by atoms with Crippen molar-refractivity contribution in [2.75, 3.05) is 26.9 Å². The van der Waals surface area contributed by atoms with Gasteiger partial charge in [-0.25, -0.2) is 0 Å². The first kappa shape index (κ1) is 41.8. The van der Waals surface area contributed by atoms with Crippen LogP contribution in [-0.4, -0.2) is 119 Å². The van der Waals surface area contributed by atoms with Crippen LogP contribution in [0.5, 0.6) is 28.7 Å². The Morgan fingerprint density at radius 1 is 1.08 bits per heavy atom. The quantitative estimate of drug-likeness (QED) is 0.0622. The number of quaternary nitrogens is 1. The molecule has 3 aromatic carbocycles. The molecule has 0 aliphatic carbocycles. The topological polar surface area (TPSA) is 269 Å². The lowest BCUT2D eigenvalue weighted by Crippen LogP contribution is -3.05. The van der Waals surface area contributed by atoms with E-state index in [0.717, 1.165) is 38.4 Å². The van der Waals surface area contributed by atoms with Gasteiger partial charge in [-0.2, -0.15) is 0 Å². The van der Waals surface area contributed by atoms with Gasteiger partial charge < -0.3 is 70.2 Å². The van der Waals surface area contributed by atoms with Crippen LogP contribution in [0.15, 0.2) is 77.1 Å². The van der Waals surface area contributed by atoms with Gasteiger partial charge in [-0.05, 0) is 30.5 Å². The first-order chi connectivity index (χ1) is 29.9. The highest BCUT2D eigenvalue weighted by Gasteiger charge is 2.60. The number of hydrogen-bond donors (Lipinski definition) is 8. The van der Waals surface area contributed by atoms with Gasteiger partial charge in [-0.1, -0.05) is 36.4 Å². The summed E-state index contributed by atoms with van der Waals surface area (Å²) in [5.41, 5.74) is 15.8. The second-order valence-electron chi connectivity index (χ2n) is 16.3. The molecule has 1 unspecified atom stereocenters. The first-order valence-corrected chi connectivity index (χ1v) is 20.5. The fraction of sp³-hybridized carbons (Fsp3) is 0.432. The number of ether oxygens (including phenoxy) is 7. The number of methoxy groups -OCH3 is 1. The molecule has 62 heavy (non-hydrogen) atoms. The smallest absolute Gasteiger partial charge is 0.317 e. The standard InChI is InChI=1S/C44H48N4O14/c1-56-27-8-7-24-33-29(15-21-5-3-2-4-6-21)58-30-16-28-23(9-11-44(55)41(54)35(53)39(62-43(44)59-28)40(42(45)46)60-32(52)17-31(50)51)25(19-48-18-22-10-12-47-26(22)20-48)34(30)38(33)61-36(24)37(27)57-14-13-49/h2-8,10,12,16,20,29,33,35,38-43,49,53-55H,9,11,13-15,17-19,45-46H2,1H3,(H,50,51)/p+1/t29-,33+,35+,38+,39-,40-,41-,43+,44+/m0/s1. The van der Waals surface area contributed by atoms with Gasteiger partial charge in [-0.15, -0.1) is 0 Å². The number of carboxylic acid groups (broad SMARTS) is 1. The predicted octanol–water partition coefficient (Wildman–Crippen LogP) is -0.329. The van der Waals surface area contributed by atoms with Crippen molar-refractivity contribution in [3.05, 3.63) is 99.9 Å². The van der Waals surface area contributed by atoms with Crippen molar-refractivity contribution < 1.29 is 73.2 Å². The third-order valence-electron chi connectivity index (χ3n) is 12.5. The van der Waals surface area contributed by atoms with Crippen molar-refractivity contribution in [2.24, 2.45) is 16.5 Å². The van der Waals surface area contributed by atoms with Crippen LogP contribution in [0.25, 0.3) is 0 Å².